The van der Waals surface area contributed by atoms with Crippen LogP contribution in [0.5, 0.6) is 17.2 Å². The van der Waals surface area contributed by atoms with Gasteiger partial charge in [-0.05, 0) is 67.1 Å². The van der Waals surface area contributed by atoms with E-state index in [4.69, 9.17) is 30.8 Å². The molecular weight excluding hydrogens is 602 g/mol. The standard InChI is InChI=1S/C36H44ClN5O4/c1-7-11-23-12-10-15-29-32(23)40-36(39-29)38-27-16-18-42(19-17-27)34(28(8-2)24-13-9-14-26(37)20-24)41(3)35(43)25-21-30(44-4)33(46-6)31(22-25)45-5/h7,9-10,12-15,20-22,27-28,34H,1,8,11,16-19H2,2-6H3,(H2,38,39,40). The highest BCUT2D eigenvalue weighted by atomic mass is 35.5. The van der Waals surface area contributed by atoms with E-state index in [-0.39, 0.29) is 24.0 Å². The number of anilines is 1. The summed E-state index contributed by atoms with van der Waals surface area (Å²) in [5.74, 6) is 1.99. The van der Waals surface area contributed by atoms with Crippen molar-refractivity contribution >= 4 is 34.5 Å². The smallest absolute Gasteiger partial charge is 0.255 e. The number of benzene rings is 3. The largest absolute Gasteiger partial charge is 0.493 e. The number of hydrogen-bond acceptors (Lipinski definition) is 7. The van der Waals surface area contributed by atoms with Gasteiger partial charge in [-0.1, -0.05) is 48.9 Å². The number of carbonyl (C=O) groups is 1. The van der Waals surface area contributed by atoms with Gasteiger partial charge in [-0.3, -0.25) is 9.69 Å². The molecule has 1 aromatic heterocycles. The molecule has 0 bridgehead atoms. The quantitative estimate of drug-likeness (QED) is 0.149. The number of nitrogens with zero attached hydrogens (tertiary/aromatic N) is 3. The van der Waals surface area contributed by atoms with Crippen molar-refractivity contribution in [2.24, 2.45) is 0 Å². The molecule has 244 valence electrons. The molecule has 46 heavy (non-hydrogen) atoms. The number of halogens is 1. The van der Waals surface area contributed by atoms with Crippen LogP contribution in [-0.4, -0.2) is 79.3 Å². The number of para-hydroxylation sites is 1. The predicted molar refractivity (Wildman–Crippen MR) is 185 cm³/mol. The van der Waals surface area contributed by atoms with E-state index in [1.54, 1.807) is 33.5 Å². The monoisotopic (exact) mass is 645 g/mol. The molecule has 2 heterocycles. The minimum Gasteiger partial charge on any atom is -0.493 e. The number of hydrogen-bond donors (Lipinski definition) is 2. The summed E-state index contributed by atoms with van der Waals surface area (Å²) in [5.41, 5.74) is 4.70. The van der Waals surface area contributed by atoms with Crippen LogP contribution in [-0.2, 0) is 6.42 Å². The van der Waals surface area contributed by atoms with Gasteiger partial charge >= 0.3 is 0 Å². The third-order valence-corrected chi connectivity index (χ3v) is 9.15. The van der Waals surface area contributed by atoms with E-state index >= 15 is 0 Å². The summed E-state index contributed by atoms with van der Waals surface area (Å²) in [6.45, 7) is 7.64. The maximum atomic E-state index is 14.2. The van der Waals surface area contributed by atoms with Gasteiger partial charge in [0.15, 0.2) is 11.5 Å². The number of carbonyl (C=O) groups excluding carboxylic acids is 1. The number of likely N-dealkylation sites (tertiary alicyclic amines) is 1. The second kappa shape index (κ2) is 14.9. The maximum Gasteiger partial charge on any atom is 0.255 e. The molecule has 1 saturated heterocycles. The van der Waals surface area contributed by atoms with Crippen molar-refractivity contribution in [1.29, 1.82) is 0 Å². The lowest BCUT2D eigenvalue weighted by Crippen LogP contribution is -2.55. The summed E-state index contributed by atoms with van der Waals surface area (Å²) in [7, 11) is 6.53. The summed E-state index contributed by atoms with van der Waals surface area (Å²) in [6, 6.07) is 17.8. The number of amides is 1. The molecule has 10 heteroatoms. The fourth-order valence-corrected chi connectivity index (χ4v) is 6.83. The minimum atomic E-state index is -0.219. The Labute approximate surface area is 276 Å². The second-order valence-corrected chi connectivity index (χ2v) is 12.1. The Kier molecular flexibility index (Phi) is 10.8. The summed E-state index contributed by atoms with van der Waals surface area (Å²) in [4.78, 5) is 26.8. The van der Waals surface area contributed by atoms with Gasteiger partial charge in [-0.25, -0.2) is 4.98 Å². The molecule has 0 saturated carbocycles. The van der Waals surface area contributed by atoms with Crippen molar-refractivity contribution in [3.05, 3.63) is 89.0 Å². The molecule has 5 rings (SSSR count). The van der Waals surface area contributed by atoms with Gasteiger partial charge in [-0.2, -0.15) is 0 Å². The van der Waals surface area contributed by atoms with Crippen molar-refractivity contribution in [2.45, 2.75) is 50.7 Å². The van der Waals surface area contributed by atoms with Gasteiger partial charge in [-0.15, -0.1) is 6.58 Å². The molecular formula is C36H44ClN5O4. The first-order valence-corrected chi connectivity index (χ1v) is 16.1. The van der Waals surface area contributed by atoms with E-state index in [1.165, 1.54) is 0 Å². The van der Waals surface area contributed by atoms with Gasteiger partial charge < -0.3 is 29.4 Å². The highest BCUT2D eigenvalue weighted by molar-refractivity contribution is 6.30. The lowest BCUT2D eigenvalue weighted by Gasteiger charge is -2.45. The number of allylic oxidation sites excluding steroid dienone is 1. The normalized spacial score (nSPS) is 15.3. The van der Waals surface area contributed by atoms with E-state index in [9.17, 15) is 4.79 Å². The average molecular weight is 646 g/mol. The molecule has 2 N–H and O–H groups in total. The highest BCUT2D eigenvalue weighted by Gasteiger charge is 2.36. The summed E-state index contributed by atoms with van der Waals surface area (Å²) in [6.07, 6.45) is 5.07. The summed E-state index contributed by atoms with van der Waals surface area (Å²) >= 11 is 6.47. The predicted octanol–water partition coefficient (Wildman–Crippen LogP) is 7.14. The maximum absolute atomic E-state index is 14.2. The summed E-state index contributed by atoms with van der Waals surface area (Å²) < 4.78 is 16.6. The van der Waals surface area contributed by atoms with Crippen LogP contribution in [0.25, 0.3) is 11.0 Å². The summed E-state index contributed by atoms with van der Waals surface area (Å²) in [5, 5.41) is 4.32. The molecule has 1 amide bonds. The first-order chi connectivity index (χ1) is 22.3. The van der Waals surface area contributed by atoms with Gasteiger partial charge in [0.05, 0.1) is 38.5 Å². The Morgan fingerprint density at radius 1 is 1.11 bits per heavy atom. The zero-order valence-electron chi connectivity index (χ0n) is 27.3. The lowest BCUT2D eigenvalue weighted by molar-refractivity contribution is 0.0200. The first-order valence-electron chi connectivity index (χ1n) is 15.7. The van der Waals surface area contributed by atoms with Crippen LogP contribution >= 0.6 is 11.6 Å². The van der Waals surface area contributed by atoms with Crippen LogP contribution in [0.2, 0.25) is 5.02 Å². The van der Waals surface area contributed by atoms with Gasteiger partial charge in [0.25, 0.3) is 5.91 Å². The lowest BCUT2D eigenvalue weighted by atomic mass is 9.90. The fourth-order valence-electron chi connectivity index (χ4n) is 6.64. The first kappa shape index (κ1) is 33.2. The molecule has 1 aliphatic rings. The van der Waals surface area contributed by atoms with Crippen LogP contribution in [0.1, 0.15) is 53.6 Å². The Morgan fingerprint density at radius 3 is 2.41 bits per heavy atom. The average Bonchev–Trinajstić information content (AvgIpc) is 3.49. The number of likely N-dealkylation sites (N-methyl/N-ethyl adjacent to an activating group) is 1. The van der Waals surface area contributed by atoms with Crippen molar-refractivity contribution < 1.29 is 19.0 Å². The zero-order chi connectivity index (χ0) is 32.8. The Bertz CT molecular complexity index is 1640. The SMILES string of the molecule is C=CCc1cccc2[nH]c(NC3CCN(C(C(CC)c4cccc(Cl)c4)N(C)C(=O)c4cc(OC)c(OC)c(OC)c4)CC3)nc12. The Morgan fingerprint density at radius 2 is 1.80 bits per heavy atom. The number of piperidine rings is 1. The molecule has 1 aliphatic heterocycles. The van der Waals surface area contributed by atoms with Crippen LogP contribution in [0.3, 0.4) is 0 Å². The Hall–Kier alpha value is -4.21. The van der Waals surface area contributed by atoms with Gasteiger partial charge in [0, 0.05) is 42.7 Å². The third-order valence-electron chi connectivity index (χ3n) is 8.91. The Balaban J connectivity index is 1.40. The van der Waals surface area contributed by atoms with E-state index in [0.717, 1.165) is 66.9 Å². The van der Waals surface area contributed by atoms with Crippen LogP contribution in [0, 0.1) is 0 Å². The number of aromatic nitrogens is 2. The van der Waals surface area contributed by atoms with Crippen LogP contribution in [0.15, 0.2) is 67.3 Å². The third kappa shape index (κ3) is 6.95. The zero-order valence-corrected chi connectivity index (χ0v) is 28.1. The molecule has 0 aliphatic carbocycles. The number of ether oxygens (including phenoxy) is 3. The van der Waals surface area contributed by atoms with E-state index in [0.29, 0.717) is 27.8 Å². The number of H-pyrrole nitrogens is 1. The number of imidazole rings is 1. The number of aromatic amines is 1. The van der Waals surface area contributed by atoms with Crippen LogP contribution in [0.4, 0.5) is 5.95 Å². The van der Waals surface area contributed by atoms with Gasteiger partial charge in [0.1, 0.15) is 0 Å². The van der Waals surface area contributed by atoms with Gasteiger partial charge in [0.2, 0.25) is 11.7 Å². The molecule has 3 aromatic carbocycles. The van der Waals surface area contributed by atoms with Crippen molar-refractivity contribution in [3.8, 4) is 17.2 Å². The molecule has 2 unspecified atom stereocenters. The van der Waals surface area contributed by atoms with Crippen molar-refractivity contribution in [1.82, 2.24) is 19.8 Å². The fraction of sp³-hybridized carbons (Fsp3) is 0.389. The number of nitrogens with one attached hydrogen (secondary N) is 2. The molecule has 0 radical (unpaired) electrons. The topological polar surface area (TPSA) is 92.0 Å². The van der Waals surface area contributed by atoms with E-state index in [1.807, 2.05) is 42.3 Å². The molecule has 0 spiro atoms. The highest BCUT2D eigenvalue weighted by Crippen LogP contribution is 2.39. The van der Waals surface area contributed by atoms with Crippen molar-refractivity contribution in [2.75, 3.05) is 46.8 Å². The second-order valence-electron chi connectivity index (χ2n) is 11.7. The van der Waals surface area contributed by atoms with E-state index in [2.05, 4.69) is 46.9 Å². The van der Waals surface area contributed by atoms with Crippen LogP contribution < -0.4 is 19.5 Å². The number of rotatable bonds is 13. The molecule has 2 atom stereocenters. The number of fused-ring (bicyclic) bond motifs is 1. The minimum absolute atomic E-state index is 0.0258. The van der Waals surface area contributed by atoms with Crippen molar-refractivity contribution in [3.63, 3.8) is 0 Å². The molecule has 1 fully saturated rings. The molecule has 9 nitrogen and oxygen atoms in total. The van der Waals surface area contributed by atoms with E-state index < -0.39 is 0 Å². The molecule has 4 aromatic rings. The number of methoxy groups -OCH3 is 3.